The molecular formula is C24H22N2O2Se. The number of para-hydroxylation sites is 1. The molecule has 4 nitrogen and oxygen atoms in total. The summed E-state index contributed by atoms with van der Waals surface area (Å²) < 4.78 is 26.8. The van der Waals surface area contributed by atoms with Crippen LogP contribution >= 0.6 is 0 Å². The molecule has 0 fully saturated rings. The molecule has 2 aliphatic heterocycles. The van der Waals surface area contributed by atoms with Gasteiger partial charge < -0.3 is 0 Å². The Bertz CT molecular complexity index is 1280. The summed E-state index contributed by atoms with van der Waals surface area (Å²) in [4.78, 5) is 4.50. The molecule has 29 heavy (non-hydrogen) atoms. The van der Waals surface area contributed by atoms with Crippen LogP contribution in [-0.4, -0.2) is 30.8 Å². The standard InChI is InChI=1S/C24H22N2O2Se/c1-16-8-4-6-10-21(16)26-15-22(25(3)17(26)2)18-12-13-24-20(14-18)19-9-5-7-11-23(19)29(24,27)28/h4-15,17H,1-3H3. The number of hydrogen-bond donors (Lipinski definition) is 0. The van der Waals surface area contributed by atoms with Crippen molar-refractivity contribution in [2.75, 3.05) is 11.9 Å². The number of benzene rings is 3. The van der Waals surface area contributed by atoms with Gasteiger partial charge in [-0.05, 0) is 0 Å². The van der Waals surface area contributed by atoms with Crippen LogP contribution in [0.5, 0.6) is 0 Å². The van der Waals surface area contributed by atoms with Crippen molar-refractivity contribution in [3.8, 4) is 11.1 Å². The number of nitrogens with zero attached hydrogens (tertiary/aromatic N) is 2. The molecule has 5 heteroatoms. The second kappa shape index (κ2) is 6.31. The summed E-state index contributed by atoms with van der Waals surface area (Å²) in [6, 6.07) is 21.4. The van der Waals surface area contributed by atoms with Crippen LogP contribution in [0.3, 0.4) is 0 Å². The van der Waals surface area contributed by atoms with E-state index in [9.17, 15) is 7.67 Å². The van der Waals surface area contributed by atoms with E-state index in [1.54, 1.807) is 18.2 Å². The molecule has 0 bridgehead atoms. The van der Waals surface area contributed by atoms with Gasteiger partial charge in [0, 0.05) is 0 Å². The second-order valence-corrected chi connectivity index (χ2v) is 11.6. The van der Waals surface area contributed by atoms with Gasteiger partial charge in [0.05, 0.1) is 0 Å². The Labute approximate surface area is 172 Å². The van der Waals surface area contributed by atoms with Crippen molar-refractivity contribution in [2.24, 2.45) is 0 Å². The fraction of sp³-hybridized carbons (Fsp3) is 0.167. The zero-order valence-corrected chi connectivity index (χ0v) is 18.3. The molecule has 2 aliphatic rings. The predicted octanol–water partition coefficient (Wildman–Crippen LogP) is 3.49. The number of hydrogen-bond acceptors (Lipinski definition) is 4. The molecule has 3 aromatic rings. The molecule has 0 radical (unpaired) electrons. The molecule has 2 heterocycles. The van der Waals surface area contributed by atoms with Gasteiger partial charge >= 0.3 is 173 Å². The maximum atomic E-state index is 12.9. The van der Waals surface area contributed by atoms with Crippen LogP contribution in [0, 0.1) is 6.92 Å². The van der Waals surface area contributed by atoms with Gasteiger partial charge in [0.25, 0.3) is 0 Å². The van der Waals surface area contributed by atoms with E-state index in [0.717, 1.165) is 22.4 Å². The van der Waals surface area contributed by atoms with Crippen LogP contribution in [0.15, 0.2) is 72.9 Å². The zero-order valence-electron chi connectivity index (χ0n) is 16.6. The molecule has 146 valence electrons. The van der Waals surface area contributed by atoms with Crippen molar-refractivity contribution in [2.45, 2.75) is 20.0 Å². The van der Waals surface area contributed by atoms with E-state index < -0.39 is 12.7 Å². The van der Waals surface area contributed by atoms with Crippen molar-refractivity contribution in [3.05, 3.63) is 84.1 Å². The van der Waals surface area contributed by atoms with Crippen LogP contribution in [0.25, 0.3) is 16.8 Å². The van der Waals surface area contributed by atoms with E-state index in [-0.39, 0.29) is 6.17 Å². The Balaban J connectivity index is 1.63. The number of fused-ring (bicyclic) bond motifs is 3. The van der Waals surface area contributed by atoms with Crippen molar-refractivity contribution < 1.29 is 7.67 Å². The summed E-state index contributed by atoms with van der Waals surface area (Å²) in [5, 5.41) is 0. The molecule has 3 aromatic carbocycles. The SMILES string of the molecule is Cc1ccccc1N1C=C(c2ccc3c(c2)-c2ccccc2[Se]3(=O)=O)N(C)C1C. The molecule has 0 saturated carbocycles. The van der Waals surface area contributed by atoms with E-state index in [4.69, 9.17) is 0 Å². The average molecular weight is 449 g/mol. The Morgan fingerprint density at radius 2 is 1.55 bits per heavy atom. The van der Waals surface area contributed by atoms with Crippen LogP contribution in [0.2, 0.25) is 0 Å². The van der Waals surface area contributed by atoms with Gasteiger partial charge in [-0.1, -0.05) is 0 Å². The van der Waals surface area contributed by atoms with Crippen LogP contribution < -0.4 is 13.8 Å². The molecule has 1 unspecified atom stereocenters. The van der Waals surface area contributed by atoms with E-state index in [1.165, 1.54) is 11.3 Å². The number of aryl methyl sites for hydroxylation is 1. The van der Waals surface area contributed by atoms with Gasteiger partial charge in [-0.2, -0.15) is 0 Å². The first kappa shape index (κ1) is 18.2. The zero-order chi connectivity index (χ0) is 20.3. The van der Waals surface area contributed by atoms with Gasteiger partial charge in [-0.15, -0.1) is 0 Å². The molecule has 0 aromatic heterocycles. The van der Waals surface area contributed by atoms with E-state index in [2.05, 4.69) is 55.1 Å². The fourth-order valence-electron chi connectivity index (χ4n) is 4.30. The minimum absolute atomic E-state index is 0.167. The summed E-state index contributed by atoms with van der Waals surface area (Å²) in [7, 11) is 2.08. The summed E-state index contributed by atoms with van der Waals surface area (Å²) in [6.07, 6.45) is 2.33. The molecule has 1 atom stereocenters. The molecule has 0 saturated heterocycles. The second-order valence-electron chi connectivity index (χ2n) is 7.66. The Morgan fingerprint density at radius 3 is 2.34 bits per heavy atom. The molecule has 0 N–H and O–H groups in total. The number of anilines is 1. The molecule has 0 spiro atoms. The molecule has 5 rings (SSSR count). The van der Waals surface area contributed by atoms with Gasteiger partial charge in [0.2, 0.25) is 0 Å². The molecular weight excluding hydrogens is 427 g/mol. The van der Waals surface area contributed by atoms with Crippen molar-refractivity contribution >= 4 is 33.0 Å². The predicted molar refractivity (Wildman–Crippen MR) is 117 cm³/mol. The van der Waals surface area contributed by atoms with Crippen LogP contribution in [0.4, 0.5) is 5.69 Å². The van der Waals surface area contributed by atoms with Crippen molar-refractivity contribution in [1.29, 1.82) is 0 Å². The minimum atomic E-state index is -4.30. The van der Waals surface area contributed by atoms with E-state index in [1.807, 2.05) is 30.3 Å². The third-order valence-electron chi connectivity index (χ3n) is 6.03. The van der Waals surface area contributed by atoms with Crippen LogP contribution in [-0.2, 0) is 7.67 Å². The monoisotopic (exact) mass is 450 g/mol. The first-order valence-electron chi connectivity index (χ1n) is 9.67. The topological polar surface area (TPSA) is 40.6 Å². The summed E-state index contributed by atoms with van der Waals surface area (Å²) in [6.45, 7) is 4.29. The van der Waals surface area contributed by atoms with Crippen LogP contribution in [0.1, 0.15) is 18.1 Å². The summed E-state index contributed by atoms with van der Waals surface area (Å²) in [5.41, 5.74) is 6.15. The Morgan fingerprint density at radius 1 is 0.862 bits per heavy atom. The first-order chi connectivity index (χ1) is 13.9. The van der Waals surface area contributed by atoms with E-state index >= 15 is 0 Å². The Hall–Kier alpha value is -2.88. The third-order valence-corrected chi connectivity index (χ3v) is 9.95. The van der Waals surface area contributed by atoms with Crippen molar-refractivity contribution in [3.63, 3.8) is 0 Å². The van der Waals surface area contributed by atoms with E-state index in [0.29, 0.717) is 8.92 Å². The molecule has 0 amide bonds. The Kier molecular flexibility index (Phi) is 3.95. The molecule has 0 aliphatic carbocycles. The quantitative estimate of drug-likeness (QED) is 0.440. The van der Waals surface area contributed by atoms with Crippen molar-refractivity contribution in [1.82, 2.24) is 4.90 Å². The number of rotatable bonds is 2. The normalized spacial score (nSPS) is 19.1. The third kappa shape index (κ3) is 2.58. The summed E-state index contributed by atoms with van der Waals surface area (Å²) in [5.74, 6) is 0. The first-order valence-corrected chi connectivity index (χ1v) is 12.8. The van der Waals surface area contributed by atoms with Gasteiger partial charge in [-0.25, -0.2) is 0 Å². The average Bonchev–Trinajstić information content (AvgIpc) is 3.14. The van der Waals surface area contributed by atoms with Gasteiger partial charge in [0.1, 0.15) is 0 Å². The summed E-state index contributed by atoms with van der Waals surface area (Å²) >= 11 is -4.30. The van der Waals surface area contributed by atoms with Gasteiger partial charge in [-0.3, -0.25) is 0 Å². The van der Waals surface area contributed by atoms with Gasteiger partial charge in [0.15, 0.2) is 0 Å². The maximum absolute atomic E-state index is 12.9. The fourth-order valence-corrected chi connectivity index (χ4v) is 7.80.